The van der Waals surface area contributed by atoms with E-state index in [0.717, 1.165) is 10.6 Å². The van der Waals surface area contributed by atoms with Crippen LogP contribution >= 0.6 is 23.2 Å². The Bertz CT molecular complexity index is 1680. The largest absolute Gasteiger partial charge is 0.481 e. The number of carboxylic acids is 1. The fourth-order valence-corrected chi connectivity index (χ4v) is 6.20. The zero-order chi connectivity index (χ0) is 33.7. The number of fused-ring (bicyclic) bond motifs is 1. The van der Waals surface area contributed by atoms with E-state index in [2.05, 4.69) is 15.6 Å². The van der Waals surface area contributed by atoms with Gasteiger partial charge < -0.3 is 20.2 Å². The molecule has 3 atom stereocenters. The van der Waals surface area contributed by atoms with E-state index in [1.807, 2.05) is 30.3 Å². The first kappa shape index (κ1) is 33.6. The molecule has 2 saturated heterocycles. The van der Waals surface area contributed by atoms with Crippen LogP contribution < -0.4 is 10.6 Å². The van der Waals surface area contributed by atoms with Gasteiger partial charge in [-0.15, -0.1) is 0 Å². The number of benzene rings is 2. The predicted molar refractivity (Wildman–Crippen MR) is 168 cm³/mol. The minimum atomic E-state index is -1.63. The number of amides is 4. The van der Waals surface area contributed by atoms with Gasteiger partial charge in [0, 0.05) is 19.4 Å². The number of nitrogens with one attached hydrogen (secondary N) is 2. The molecule has 0 saturated carbocycles. The average Bonchev–Trinajstić information content (AvgIpc) is 3.50. The van der Waals surface area contributed by atoms with Crippen molar-refractivity contribution in [1.82, 2.24) is 25.6 Å². The number of carboxylic acid groups (broad SMARTS) is 1. The highest BCUT2D eigenvalue weighted by atomic mass is 35.5. The Morgan fingerprint density at radius 2 is 1.74 bits per heavy atom. The Balaban J connectivity index is 1.32. The number of Topliss-reactive ketones (excluding diaryl/α,β-unsaturated/α-hetero) is 1. The number of aryl methyl sites for hydroxylation is 1. The molecule has 0 bridgehead atoms. The van der Waals surface area contributed by atoms with E-state index in [1.165, 1.54) is 11.2 Å². The molecule has 0 radical (unpaired) electrons. The minimum absolute atomic E-state index is 0.0394. The summed E-state index contributed by atoms with van der Waals surface area (Å²) < 4.78 is 5.58. The Morgan fingerprint density at radius 3 is 2.45 bits per heavy atom. The third-order valence-electron chi connectivity index (χ3n) is 7.92. The van der Waals surface area contributed by atoms with E-state index in [0.29, 0.717) is 12.8 Å². The van der Waals surface area contributed by atoms with Crippen LogP contribution in [0.3, 0.4) is 0 Å². The van der Waals surface area contributed by atoms with Crippen molar-refractivity contribution < 1.29 is 38.3 Å². The fourth-order valence-electron chi connectivity index (χ4n) is 5.61. The van der Waals surface area contributed by atoms with Gasteiger partial charge in [0.2, 0.25) is 23.5 Å². The summed E-state index contributed by atoms with van der Waals surface area (Å²) in [5.74, 6) is -5.07. The maximum atomic E-state index is 13.8. The van der Waals surface area contributed by atoms with Crippen LogP contribution in [0.4, 0.5) is 0 Å². The zero-order valence-corrected chi connectivity index (χ0v) is 26.5. The third kappa shape index (κ3) is 7.80. The fraction of sp³-hybridized carbons (Fsp3) is 0.344. The number of hydrazine groups is 1. The van der Waals surface area contributed by atoms with Gasteiger partial charge in [0.05, 0.1) is 28.2 Å². The van der Waals surface area contributed by atoms with Crippen molar-refractivity contribution in [2.45, 2.75) is 63.1 Å². The van der Waals surface area contributed by atoms with Gasteiger partial charge in [-0.3, -0.25) is 33.8 Å². The molecule has 47 heavy (non-hydrogen) atoms. The maximum absolute atomic E-state index is 13.8. The van der Waals surface area contributed by atoms with Gasteiger partial charge in [0.15, 0.2) is 5.76 Å². The maximum Gasteiger partial charge on any atom is 0.305 e. The number of nitrogens with zero attached hydrogens (tertiary/aromatic N) is 3. The highest BCUT2D eigenvalue weighted by Crippen LogP contribution is 2.35. The summed E-state index contributed by atoms with van der Waals surface area (Å²) in [6.45, 7) is 0.171. The molecule has 3 heterocycles. The molecule has 3 aromatic rings. The van der Waals surface area contributed by atoms with E-state index in [4.69, 9.17) is 27.6 Å². The lowest BCUT2D eigenvalue weighted by Crippen LogP contribution is -2.64. The van der Waals surface area contributed by atoms with E-state index < -0.39 is 59.9 Å². The van der Waals surface area contributed by atoms with Gasteiger partial charge >= 0.3 is 5.97 Å². The van der Waals surface area contributed by atoms with Crippen molar-refractivity contribution in [1.29, 1.82) is 0 Å². The van der Waals surface area contributed by atoms with Crippen LogP contribution in [0.25, 0.3) is 11.3 Å². The first-order chi connectivity index (χ1) is 22.5. The number of halogens is 2. The Morgan fingerprint density at radius 1 is 1.02 bits per heavy atom. The normalized spacial score (nSPS) is 18.6. The molecule has 2 aliphatic heterocycles. The molecule has 0 aliphatic carbocycles. The van der Waals surface area contributed by atoms with Crippen LogP contribution in [0, 0.1) is 0 Å². The molecule has 2 aromatic carbocycles. The van der Waals surface area contributed by atoms with Crippen LogP contribution in [0.15, 0.2) is 59.1 Å². The summed E-state index contributed by atoms with van der Waals surface area (Å²) in [4.78, 5) is 82.4. The average molecular weight is 685 g/mol. The summed E-state index contributed by atoms with van der Waals surface area (Å²) in [6, 6.07) is 10.1. The summed E-state index contributed by atoms with van der Waals surface area (Å²) in [7, 11) is 0. The molecule has 5 rings (SSSR count). The van der Waals surface area contributed by atoms with E-state index in [-0.39, 0.29) is 59.5 Å². The molecular weight excluding hydrogens is 653 g/mol. The first-order valence-electron chi connectivity index (χ1n) is 15.0. The first-order valence-corrected chi connectivity index (χ1v) is 15.7. The summed E-state index contributed by atoms with van der Waals surface area (Å²) in [5, 5.41) is 17.4. The predicted octanol–water partition coefficient (Wildman–Crippen LogP) is 3.44. The molecule has 1 aromatic heterocycles. The molecule has 2 aliphatic rings. The molecular formula is C32H31Cl2N5O8. The number of hydrogen-bond acceptors (Lipinski definition) is 8. The van der Waals surface area contributed by atoms with E-state index >= 15 is 0 Å². The van der Waals surface area contributed by atoms with Crippen LogP contribution in [0.5, 0.6) is 0 Å². The van der Waals surface area contributed by atoms with Crippen LogP contribution in [-0.2, 0) is 30.4 Å². The third-order valence-corrected chi connectivity index (χ3v) is 8.55. The van der Waals surface area contributed by atoms with Crippen molar-refractivity contribution in [3.05, 3.63) is 76.2 Å². The molecule has 0 unspecified atom stereocenters. The molecule has 15 heteroatoms. The van der Waals surface area contributed by atoms with Crippen molar-refractivity contribution in [2.24, 2.45) is 0 Å². The Hall–Kier alpha value is -4.75. The Labute approximate surface area is 279 Å². The lowest BCUT2D eigenvalue weighted by atomic mass is 10.0. The second-order valence-corrected chi connectivity index (χ2v) is 12.0. The number of carbonyl (C=O) groups is 6. The number of ketones is 1. The van der Waals surface area contributed by atoms with E-state index in [9.17, 15) is 33.9 Å². The van der Waals surface area contributed by atoms with Crippen molar-refractivity contribution in [2.75, 3.05) is 6.54 Å². The summed E-state index contributed by atoms with van der Waals surface area (Å²) in [6.07, 6.45) is 1.43. The SMILES string of the molecule is O=C(O)C[C@H](NC(=O)[C@@H]1CCCN2C(=O)CC[C@H](NC(=O)CCc3ccccc3)C(=O)N12)C(=O)c1ncc(-c2c(Cl)cccc2Cl)o1. The zero-order valence-electron chi connectivity index (χ0n) is 25.0. The highest BCUT2D eigenvalue weighted by Gasteiger charge is 2.45. The number of aromatic nitrogens is 1. The second kappa shape index (κ2) is 14.8. The Kier molecular flexibility index (Phi) is 10.6. The monoisotopic (exact) mass is 683 g/mol. The van der Waals surface area contributed by atoms with Crippen molar-refractivity contribution in [3.63, 3.8) is 0 Å². The molecule has 246 valence electrons. The van der Waals surface area contributed by atoms with Crippen LogP contribution in [0.2, 0.25) is 10.0 Å². The lowest BCUT2D eigenvalue weighted by molar-refractivity contribution is -0.176. The van der Waals surface area contributed by atoms with E-state index in [1.54, 1.807) is 18.2 Å². The molecule has 0 spiro atoms. The summed E-state index contributed by atoms with van der Waals surface area (Å²) >= 11 is 12.5. The molecule has 3 N–H and O–H groups in total. The second-order valence-electron chi connectivity index (χ2n) is 11.2. The highest BCUT2D eigenvalue weighted by molar-refractivity contribution is 6.39. The summed E-state index contributed by atoms with van der Waals surface area (Å²) in [5.41, 5.74) is 1.22. The van der Waals surface area contributed by atoms with Gasteiger partial charge in [0.25, 0.3) is 11.8 Å². The smallest absolute Gasteiger partial charge is 0.305 e. The van der Waals surface area contributed by atoms with Gasteiger partial charge in [-0.1, -0.05) is 59.6 Å². The van der Waals surface area contributed by atoms with Gasteiger partial charge in [-0.05, 0) is 43.4 Å². The van der Waals surface area contributed by atoms with Gasteiger partial charge in [-0.25, -0.2) is 9.99 Å². The molecule has 2 fully saturated rings. The number of carbonyl (C=O) groups excluding carboxylic acids is 5. The number of hydrogen-bond donors (Lipinski definition) is 3. The standard InChI is InChI=1S/C32H31Cl2N5O8/c33-19-8-4-9-20(34)28(19)24-17-35-31(47-24)29(44)22(16-27(42)43)37-30(45)23-10-5-15-38-26(41)14-12-21(32(46)39(23)38)36-25(40)13-11-18-6-2-1-3-7-18/h1-4,6-9,17,21-23H,5,10-16H2,(H,36,40)(H,37,45)(H,42,43)/t21-,22-,23-/m0/s1. The quantitative estimate of drug-likeness (QED) is 0.255. The number of rotatable bonds is 11. The topological polar surface area (TPSA) is 179 Å². The van der Waals surface area contributed by atoms with Crippen molar-refractivity contribution in [3.8, 4) is 11.3 Å². The lowest BCUT2D eigenvalue weighted by Gasteiger charge is -2.43. The minimum Gasteiger partial charge on any atom is -0.481 e. The van der Waals surface area contributed by atoms with Crippen LogP contribution in [0.1, 0.15) is 54.8 Å². The van der Waals surface area contributed by atoms with Gasteiger partial charge in [-0.2, -0.15) is 0 Å². The van der Waals surface area contributed by atoms with Crippen molar-refractivity contribution >= 4 is 58.6 Å². The number of oxazole rings is 1. The van der Waals surface area contributed by atoms with Gasteiger partial charge in [0.1, 0.15) is 18.1 Å². The molecule has 13 nitrogen and oxygen atoms in total. The molecule has 4 amide bonds. The van der Waals surface area contributed by atoms with Crippen LogP contribution in [-0.4, -0.2) is 80.2 Å². The number of aliphatic carboxylic acids is 1.